The Morgan fingerprint density at radius 3 is 1.82 bits per heavy atom. The number of carbonyl (C=O) groups is 8. The molecule has 400 valence electrons. The lowest BCUT2D eigenvalue weighted by Crippen LogP contribution is -2.60. The van der Waals surface area contributed by atoms with E-state index in [1.807, 2.05) is 0 Å². The Morgan fingerprint density at radius 1 is 0.689 bits per heavy atom. The van der Waals surface area contributed by atoms with Crippen LogP contribution in [0.25, 0.3) is 0 Å². The number of guanidine groups is 2. The maximum absolute atomic E-state index is 14.3. The number of carboxylic acid groups (broad SMARTS) is 1. The second kappa shape index (κ2) is 30.7. The predicted molar refractivity (Wildman–Crippen MR) is 282 cm³/mol. The Morgan fingerprint density at radius 2 is 1.23 bits per heavy atom. The first kappa shape index (κ1) is 59.3. The highest BCUT2D eigenvalue weighted by atomic mass is 35.5. The van der Waals surface area contributed by atoms with E-state index in [4.69, 9.17) is 40.3 Å². The fourth-order valence-electron chi connectivity index (χ4n) is 7.14. The van der Waals surface area contributed by atoms with Crippen LogP contribution in [0.15, 0.2) is 88.8 Å². The van der Waals surface area contributed by atoms with Crippen molar-refractivity contribution in [2.75, 3.05) is 31.1 Å². The van der Waals surface area contributed by atoms with Crippen molar-refractivity contribution in [1.82, 2.24) is 37.2 Å². The molecule has 0 aromatic heterocycles. The van der Waals surface area contributed by atoms with Gasteiger partial charge in [-0.1, -0.05) is 87.8 Å². The molecule has 3 aromatic carbocycles. The number of benzene rings is 3. The molecule has 1 aliphatic heterocycles. The zero-order valence-electron chi connectivity index (χ0n) is 40.2. The number of nitrogens with one attached hydrogen (secondary N) is 7. The van der Waals surface area contributed by atoms with Gasteiger partial charge in [0, 0.05) is 42.5 Å². The highest BCUT2D eigenvalue weighted by Gasteiger charge is 2.34. The Kier molecular flexibility index (Phi) is 24.6. The van der Waals surface area contributed by atoms with E-state index >= 15 is 0 Å². The molecule has 74 heavy (non-hydrogen) atoms. The number of aliphatic carboxylic acids is 1. The molecule has 3 aromatic rings. The molecule has 24 nitrogen and oxygen atoms in total. The first-order chi connectivity index (χ1) is 35.3. The summed E-state index contributed by atoms with van der Waals surface area (Å²) in [6.45, 7) is -0.552. The van der Waals surface area contributed by atoms with E-state index in [1.54, 1.807) is 66.7 Å². The highest BCUT2D eigenvalue weighted by Crippen LogP contribution is 2.24. The van der Waals surface area contributed by atoms with Crippen LogP contribution in [-0.2, 0) is 57.6 Å². The number of hydrogen-bond donors (Lipinski definition) is 14. The van der Waals surface area contributed by atoms with Crippen molar-refractivity contribution >= 4 is 92.4 Å². The molecule has 7 atom stereocenters. The molecule has 1 fully saturated rings. The SMILES string of the molecule is NC(N)=NCCC[C@@H](NC(=O)[C@@H](CCCN=C(N)N)NC(=O)CNC(=O)[C@@H]1CSSC[C@H](NC(=O)[C@@H](N)Cc2ccc(O)cc2)C(=O)N[C@@H](Cc2ccccc2)C(=O)N[C@@H](Cc2ccc(Cl)cc2)C(=O)N1)C(=O)O. The van der Waals surface area contributed by atoms with Crippen LogP contribution in [-0.4, -0.2) is 143 Å². The lowest BCUT2D eigenvalue weighted by atomic mass is 10.0. The van der Waals surface area contributed by atoms with Crippen LogP contribution in [0.3, 0.4) is 0 Å². The van der Waals surface area contributed by atoms with Crippen molar-refractivity contribution < 1.29 is 48.6 Å². The smallest absolute Gasteiger partial charge is 0.326 e. The monoisotopic (exact) mass is 1080 g/mol. The summed E-state index contributed by atoms with van der Waals surface area (Å²) in [6.07, 6.45) is 0.213. The summed E-state index contributed by atoms with van der Waals surface area (Å²) in [7, 11) is 2.12. The maximum Gasteiger partial charge on any atom is 0.326 e. The summed E-state index contributed by atoms with van der Waals surface area (Å²) in [5.74, 6) is -7.54. The van der Waals surface area contributed by atoms with Crippen molar-refractivity contribution in [2.24, 2.45) is 38.7 Å². The second-order valence-electron chi connectivity index (χ2n) is 16.9. The van der Waals surface area contributed by atoms with Crippen molar-refractivity contribution in [3.05, 3.63) is 101 Å². The van der Waals surface area contributed by atoms with E-state index < -0.39 is 96.2 Å². The molecule has 0 bridgehead atoms. The molecule has 27 heteroatoms. The Balaban J connectivity index is 1.58. The molecule has 1 heterocycles. The van der Waals surface area contributed by atoms with Crippen LogP contribution in [0.1, 0.15) is 42.4 Å². The molecule has 0 spiro atoms. The van der Waals surface area contributed by atoms with Crippen molar-refractivity contribution in [3.63, 3.8) is 0 Å². The molecular formula is C47H63ClN14O10S2. The summed E-state index contributed by atoms with van der Waals surface area (Å²) in [5.41, 5.74) is 29.7. The third-order valence-corrected chi connectivity index (χ3v) is 13.7. The van der Waals surface area contributed by atoms with Crippen LogP contribution in [0.5, 0.6) is 5.75 Å². The van der Waals surface area contributed by atoms with Gasteiger partial charge >= 0.3 is 5.97 Å². The first-order valence-electron chi connectivity index (χ1n) is 23.3. The second-order valence-corrected chi connectivity index (χ2v) is 19.9. The molecule has 0 aliphatic carbocycles. The molecule has 0 saturated carbocycles. The minimum absolute atomic E-state index is 0.0231. The normalized spacial score (nSPS) is 18.5. The van der Waals surface area contributed by atoms with Crippen molar-refractivity contribution in [2.45, 2.75) is 87.2 Å². The quantitative estimate of drug-likeness (QED) is 0.0212. The minimum atomic E-state index is -1.38. The molecule has 19 N–H and O–H groups in total. The van der Waals surface area contributed by atoms with E-state index in [2.05, 4.69) is 47.2 Å². The minimum Gasteiger partial charge on any atom is -0.508 e. The molecule has 0 radical (unpaired) electrons. The first-order valence-corrected chi connectivity index (χ1v) is 26.1. The molecule has 4 rings (SSSR count). The number of halogens is 1. The number of phenols is 1. The number of nitrogens with two attached hydrogens (primary N) is 5. The number of amides is 7. The van der Waals surface area contributed by atoms with Gasteiger partial charge in [0.15, 0.2) is 11.9 Å². The van der Waals surface area contributed by atoms with Crippen LogP contribution in [0.2, 0.25) is 5.02 Å². The van der Waals surface area contributed by atoms with E-state index in [0.29, 0.717) is 21.7 Å². The van der Waals surface area contributed by atoms with Gasteiger partial charge in [-0.25, -0.2) is 4.79 Å². The fourth-order valence-corrected chi connectivity index (χ4v) is 9.59. The topological polar surface area (TPSA) is 416 Å². The standard InChI is InChI=1S/C47H63ClN14O10S2/c48-29-14-10-28(11-15-29)22-35-43(69)62-36(40(66)56-23-38(64)57-32(8-4-18-54-46(50)51)41(67)58-33(45(71)72)9-5-19-55-47(52)53)24-73-74-25-37(61-39(65)31(49)20-27-12-16-30(63)17-13-27)44(70)60-34(42(68)59-35)21-26-6-2-1-3-7-26/h1-3,6-7,10-17,31-37,63H,4-5,8-9,18-25,49H2,(H,56,66)(H,57,64)(H,58,67)(H,59,68)(H,60,70)(H,61,65)(H,62,69)(H,71,72)(H4,50,51,54)(H4,52,53,55)/t31-,32+,33+,34-,35-,36-,37-/m0/s1. The van der Waals surface area contributed by atoms with Crippen LogP contribution in [0.4, 0.5) is 0 Å². The van der Waals surface area contributed by atoms with E-state index in [0.717, 1.165) is 21.6 Å². The van der Waals surface area contributed by atoms with E-state index in [9.17, 15) is 48.6 Å². The predicted octanol–water partition coefficient (Wildman–Crippen LogP) is -1.99. The lowest BCUT2D eigenvalue weighted by molar-refractivity contribution is -0.142. The Labute approximate surface area is 439 Å². The van der Waals surface area contributed by atoms with Crippen LogP contribution >= 0.6 is 33.2 Å². The Bertz CT molecular complexity index is 2450. The Hall–Kier alpha value is -7.29. The number of phenolic OH excluding ortho intramolecular Hbond substituents is 1. The molecular weight excluding hydrogens is 1020 g/mol. The molecule has 7 amide bonds. The fraction of sp³-hybridized carbons (Fsp3) is 0.404. The number of rotatable bonds is 23. The third kappa shape index (κ3) is 21.4. The molecule has 0 unspecified atom stereocenters. The van der Waals surface area contributed by atoms with Crippen LogP contribution in [0, 0.1) is 0 Å². The van der Waals surface area contributed by atoms with Gasteiger partial charge in [-0.2, -0.15) is 0 Å². The number of aliphatic imine (C=N–C) groups is 2. The average molecular weight is 1080 g/mol. The third-order valence-electron chi connectivity index (χ3n) is 11.0. The van der Waals surface area contributed by atoms with Gasteiger partial charge in [0.05, 0.1) is 12.6 Å². The number of carboxylic acids is 1. The average Bonchev–Trinajstić information content (AvgIpc) is 3.35. The van der Waals surface area contributed by atoms with Crippen LogP contribution < -0.4 is 65.9 Å². The summed E-state index contributed by atoms with van der Waals surface area (Å²) in [4.78, 5) is 117. The number of carbonyl (C=O) groups excluding carboxylic acids is 7. The zero-order valence-corrected chi connectivity index (χ0v) is 42.6. The number of nitrogens with zero attached hydrogens (tertiary/aromatic N) is 2. The number of hydrogen-bond acceptors (Lipinski definition) is 14. The summed E-state index contributed by atoms with van der Waals surface area (Å²) < 4.78 is 0. The van der Waals surface area contributed by atoms with Gasteiger partial charge in [-0.05, 0) is 73.1 Å². The molecule has 1 saturated heterocycles. The maximum atomic E-state index is 14.3. The zero-order chi connectivity index (χ0) is 54.2. The van der Waals surface area contributed by atoms with Crippen molar-refractivity contribution in [3.8, 4) is 5.75 Å². The van der Waals surface area contributed by atoms with E-state index in [-0.39, 0.29) is 87.2 Å². The van der Waals surface area contributed by atoms with Gasteiger partial charge in [0.2, 0.25) is 41.4 Å². The van der Waals surface area contributed by atoms with Crippen molar-refractivity contribution in [1.29, 1.82) is 0 Å². The summed E-state index contributed by atoms with van der Waals surface area (Å²) in [5, 5.41) is 38.2. The van der Waals surface area contributed by atoms with Gasteiger partial charge in [0.1, 0.15) is 42.0 Å². The lowest BCUT2D eigenvalue weighted by Gasteiger charge is -2.28. The van der Waals surface area contributed by atoms with E-state index in [1.165, 1.54) is 12.1 Å². The van der Waals surface area contributed by atoms with Gasteiger partial charge in [0.25, 0.3) is 0 Å². The van der Waals surface area contributed by atoms with Gasteiger partial charge in [-0.3, -0.25) is 43.5 Å². The van der Waals surface area contributed by atoms with Gasteiger partial charge in [-0.15, -0.1) is 0 Å². The largest absolute Gasteiger partial charge is 0.508 e. The summed E-state index contributed by atoms with van der Waals surface area (Å²) >= 11 is 6.14. The highest BCUT2D eigenvalue weighted by molar-refractivity contribution is 8.76. The number of aromatic hydroxyl groups is 1. The molecule has 1 aliphatic rings. The van der Waals surface area contributed by atoms with Gasteiger partial charge < -0.3 is 76.1 Å². The summed E-state index contributed by atoms with van der Waals surface area (Å²) in [6, 6.07) is 12.3.